The van der Waals surface area contributed by atoms with Gasteiger partial charge in [-0.1, -0.05) is 13.8 Å². The van der Waals surface area contributed by atoms with Crippen molar-refractivity contribution in [3.63, 3.8) is 0 Å². The number of carbonyl (C=O) groups is 1. The number of ether oxygens (including phenoxy) is 2. The van der Waals surface area contributed by atoms with Crippen molar-refractivity contribution >= 4 is 13.8 Å². The van der Waals surface area contributed by atoms with Crippen LogP contribution in [-0.4, -0.2) is 31.2 Å². The fourth-order valence-corrected chi connectivity index (χ4v) is 2.33. The van der Waals surface area contributed by atoms with Crippen LogP contribution in [-0.2, 0) is 18.8 Å². The van der Waals surface area contributed by atoms with Crippen LogP contribution in [0.3, 0.4) is 0 Å². The van der Waals surface area contributed by atoms with Crippen molar-refractivity contribution in [2.45, 2.75) is 45.9 Å². The molecule has 5 heteroatoms. The van der Waals surface area contributed by atoms with Crippen LogP contribution in [0.25, 0.3) is 0 Å². The van der Waals surface area contributed by atoms with E-state index in [-0.39, 0.29) is 11.8 Å². The number of rotatable bonds is 9. The van der Waals surface area contributed by atoms with Gasteiger partial charge in [-0.25, -0.2) is 0 Å². The standard InChI is InChI=1S/C11H23O4P/c1-4-7-14-10(3)16(13)9-6-8-15-11(12)5-2/h10,16H,4-9H2,1-3H3. The number of hydrogen-bond acceptors (Lipinski definition) is 4. The molecule has 0 fully saturated rings. The second-order valence-corrected chi connectivity index (χ2v) is 5.90. The van der Waals surface area contributed by atoms with Crippen LogP contribution in [0.2, 0.25) is 0 Å². The maximum absolute atomic E-state index is 11.7. The zero-order valence-electron chi connectivity index (χ0n) is 10.5. The van der Waals surface area contributed by atoms with E-state index in [1.807, 2.05) is 13.8 Å². The van der Waals surface area contributed by atoms with Gasteiger partial charge in [-0.05, 0) is 19.8 Å². The highest BCUT2D eigenvalue weighted by atomic mass is 31.1. The van der Waals surface area contributed by atoms with Crippen molar-refractivity contribution < 1.29 is 18.8 Å². The molecule has 0 radical (unpaired) electrons. The van der Waals surface area contributed by atoms with Crippen molar-refractivity contribution in [3.05, 3.63) is 0 Å². The molecule has 4 nitrogen and oxygen atoms in total. The summed E-state index contributed by atoms with van der Waals surface area (Å²) in [5, 5.41) is 0. The molecule has 2 atom stereocenters. The number of carbonyl (C=O) groups excluding carboxylic acids is 1. The van der Waals surface area contributed by atoms with Gasteiger partial charge in [-0.3, -0.25) is 4.79 Å². The van der Waals surface area contributed by atoms with E-state index >= 15 is 0 Å². The monoisotopic (exact) mass is 250 g/mol. The molecule has 0 bridgehead atoms. The van der Waals surface area contributed by atoms with Crippen LogP contribution in [0, 0.1) is 0 Å². The summed E-state index contributed by atoms with van der Waals surface area (Å²) in [5.74, 6) is -0.359. The van der Waals surface area contributed by atoms with Gasteiger partial charge in [0.25, 0.3) is 0 Å². The highest BCUT2D eigenvalue weighted by molar-refractivity contribution is 7.45. The lowest BCUT2D eigenvalue weighted by Gasteiger charge is -2.12. The van der Waals surface area contributed by atoms with Crippen molar-refractivity contribution in [1.82, 2.24) is 0 Å². The molecule has 0 saturated carbocycles. The third kappa shape index (κ3) is 7.89. The highest BCUT2D eigenvalue weighted by Crippen LogP contribution is 2.29. The van der Waals surface area contributed by atoms with Crippen LogP contribution >= 0.6 is 7.80 Å². The molecule has 0 aliphatic carbocycles. The summed E-state index contributed by atoms with van der Waals surface area (Å²) in [7, 11) is -1.71. The molecule has 0 amide bonds. The Kier molecular flexibility index (Phi) is 9.65. The third-order valence-electron chi connectivity index (χ3n) is 2.14. The van der Waals surface area contributed by atoms with Gasteiger partial charge in [0.05, 0.1) is 6.61 Å². The maximum atomic E-state index is 11.7. The van der Waals surface area contributed by atoms with E-state index in [1.54, 1.807) is 6.92 Å². The zero-order valence-corrected chi connectivity index (χ0v) is 11.5. The van der Waals surface area contributed by atoms with Gasteiger partial charge in [0.15, 0.2) is 0 Å². The quantitative estimate of drug-likeness (QED) is 0.358. The first-order valence-corrected chi connectivity index (χ1v) is 7.61. The second-order valence-electron chi connectivity index (χ2n) is 3.66. The summed E-state index contributed by atoms with van der Waals surface area (Å²) < 4.78 is 22.0. The third-order valence-corrected chi connectivity index (χ3v) is 4.06. The average Bonchev–Trinajstić information content (AvgIpc) is 2.30. The maximum Gasteiger partial charge on any atom is 0.305 e. The highest BCUT2D eigenvalue weighted by Gasteiger charge is 2.10. The van der Waals surface area contributed by atoms with Crippen LogP contribution < -0.4 is 0 Å². The van der Waals surface area contributed by atoms with E-state index in [4.69, 9.17) is 9.47 Å². The predicted molar refractivity (Wildman–Crippen MR) is 65.4 cm³/mol. The van der Waals surface area contributed by atoms with Crippen molar-refractivity contribution in [2.75, 3.05) is 19.4 Å². The van der Waals surface area contributed by atoms with Gasteiger partial charge in [-0.2, -0.15) is 0 Å². The van der Waals surface area contributed by atoms with Crippen molar-refractivity contribution in [1.29, 1.82) is 0 Å². The molecule has 0 aromatic rings. The van der Waals surface area contributed by atoms with Gasteiger partial charge in [0.1, 0.15) is 13.6 Å². The largest absolute Gasteiger partial charge is 0.466 e. The van der Waals surface area contributed by atoms with E-state index in [9.17, 15) is 9.36 Å². The molecule has 0 N–H and O–H groups in total. The molecule has 0 aromatic heterocycles. The van der Waals surface area contributed by atoms with Gasteiger partial charge in [0, 0.05) is 19.2 Å². The van der Waals surface area contributed by atoms with E-state index < -0.39 is 7.80 Å². The summed E-state index contributed by atoms with van der Waals surface area (Å²) in [4.78, 5) is 10.8. The Morgan fingerprint density at radius 3 is 2.56 bits per heavy atom. The SMILES string of the molecule is CCCOC(C)[PH](=O)CCCOC(=O)CC. The first-order chi connectivity index (χ1) is 7.61. The average molecular weight is 250 g/mol. The second kappa shape index (κ2) is 9.86. The summed E-state index contributed by atoms with van der Waals surface area (Å²) in [5.41, 5.74) is 0. The normalized spacial score (nSPS) is 14.4. The van der Waals surface area contributed by atoms with Crippen LogP contribution in [0.1, 0.15) is 40.0 Å². The summed E-state index contributed by atoms with van der Waals surface area (Å²) in [6, 6.07) is 0. The lowest BCUT2D eigenvalue weighted by atomic mass is 10.5. The van der Waals surface area contributed by atoms with E-state index in [0.717, 1.165) is 6.42 Å². The van der Waals surface area contributed by atoms with Gasteiger partial charge < -0.3 is 14.0 Å². The Labute approximate surface area is 98.5 Å². The minimum atomic E-state index is -1.71. The topological polar surface area (TPSA) is 52.6 Å². The first-order valence-electron chi connectivity index (χ1n) is 5.91. The molecule has 96 valence electrons. The van der Waals surface area contributed by atoms with Crippen LogP contribution in [0.4, 0.5) is 0 Å². The molecule has 0 aliphatic rings. The number of esters is 1. The Bertz CT molecular complexity index is 218. The van der Waals surface area contributed by atoms with Gasteiger partial charge in [-0.15, -0.1) is 0 Å². The summed E-state index contributed by atoms with van der Waals surface area (Å²) in [6.07, 6.45) is 2.58. The minimum absolute atomic E-state index is 0.160. The first kappa shape index (κ1) is 15.7. The van der Waals surface area contributed by atoms with Gasteiger partial charge >= 0.3 is 5.97 Å². The molecule has 0 rings (SSSR count). The van der Waals surface area contributed by atoms with Crippen LogP contribution in [0.15, 0.2) is 0 Å². The molecule has 0 saturated heterocycles. The van der Waals surface area contributed by atoms with Gasteiger partial charge in [0.2, 0.25) is 0 Å². The smallest absolute Gasteiger partial charge is 0.305 e. The van der Waals surface area contributed by atoms with E-state index in [0.29, 0.717) is 32.2 Å². The molecule has 0 heterocycles. The lowest BCUT2D eigenvalue weighted by Crippen LogP contribution is -2.08. The Hall–Kier alpha value is -0.340. The molecule has 0 aliphatic heterocycles. The summed E-state index contributed by atoms with van der Waals surface area (Å²) >= 11 is 0. The van der Waals surface area contributed by atoms with E-state index in [2.05, 4.69) is 0 Å². The Morgan fingerprint density at radius 2 is 2.00 bits per heavy atom. The molecule has 0 aromatic carbocycles. The molecule has 0 spiro atoms. The number of hydrogen-bond donors (Lipinski definition) is 0. The fraction of sp³-hybridized carbons (Fsp3) is 0.909. The fourth-order valence-electron chi connectivity index (χ4n) is 1.13. The molecular formula is C11H23O4P. The Balaban J connectivity index is 3.53. The molecule has 16 heavy (non-hydrogen) atoms. The predicted octanol–water partition coefficient (Wildman–Crippen LogP) is 2.66. The lowest BCUT2D eigenvalue weighted by molar-refractivity contribution is -0.143. The van der Waals surface area contributed by atoms with E-state index in [1.165, 1.54) is 0 Å². The zero-order chi connectivity index (χ0) is 12.4. The van der Waals surface area contributed by atoms with Crippen LogP contribution in [0.5, 0.6) is 0 Å². The Morgan fingerprint density at radius 1 is 1.31 bits per heavy atom. The van der Waals surface area contributed by atoms with Crippen molar-refractivity contribution in [2.24, 2.45) is 0 Å². The minimum Gasteiger partial charge on any atom is -0.466 e. The molecule has 2 unspecified atom stereocenters. The summed E-state index contributed by atoms with van der Waals surface area (Å²) in [6.45, 7) is 6.64. The molecular weight excluding hydrogens is 227 g/mol. The van der Waals surface area contributed by atoms with Crippen molar-refractivity contribution in [3.8, 4) is 0 Å².